The summed E-state index contributed by atoms with van der Waals surface area (Å²) in [5.41, 5.74) is 0. The molecule has 1 unspecified atom stereocenters. The van der Waals surface area contributed by atoms with E-state index >= 15 is 0 Å². The van der Waals surface area contributed by atoms with Gasteiger partial charge in [-0.25, -0.2) is 0 Å². The molecule has 1 atom stereocenters. The third kappa shape index (κ3) is 2.21. The molecule has 0 bridgehead atoms. The highest BCUT2D eigenvalue weighted by Gasteiger charge is 2.26. The van der Waals surface area contributed by atoms with Crippen molar-refractivity contribution in [3.05, 3.63) is 0 Å². The monoisotopic (exact) mass is 171 g/mol. The van der Waals surface area contributed by atoms with Gasteiger partial charge in [0, 0.05) is 12.6 Å². The molecule has 1 heterocycles. The second kappa shape index (κ2) is 3.90. The first-order valence-electron chi connectivity index (χ1n) is 4.58. The van der Waals surface area contributed by atoms with E-state index in [2.05, 4.69) is 18.7 Å². The number of rotatable bonds is 2. The Hall–Kier alpha value is -0.570. The van der Waals surface area contributed by atoms with Crippen LogP contribution >= 0.6 is 0 Å². The molecule has 1 aliphatic heterocycles. The number of aliphatic carboxylic acids is 1. The molecule has 1 aliphatic rings. The Balaban J connectivity index is 2.46. The lowest BCUT2D eigenvalue weighted by atomic mass is 9.97. The molecule has 0 aromatic carbocycles. The van der Waals surface area contributed by atoms with Crippen molar-refractivity contribution >= 4 is 5.97 Å². The van der Waals surface area contributed by atoms with Crippen LogP contribution in [0.15, 0.2) is 0 Å². The molecule has 0 radical (unpaired) electrons. The summed E-state index contributed by atoms with van der Waals surface area (Å²) in [5, 5.41) is 8.81. The van der Waals surface area contributed by atoms with Crippen LogP contribution in [0.25, 0.3) is 0 Å². The maximum atomic E-state index is 10.7. The topological polar surface area (TPSA) is 40.5 Å². The summed E-state index contributed by atoms with van der Waals surface area (Å²) in [5.74, 6) is -0.776. The third-order valence-corrected chi connectivity index (χ3v) is 2.53. The fourth-order valence-corrected chi connectivity index (χ4v) is 1.68. The van der Waals surface area contributed by atoms with E-state index < -0.39 is 5.97 Å². The minimum atomic E-state index is -0.639. The van der Waals surface area contributed by atoms with E-state index in [0.717, 1.165) is 25.9 Å². The van der Waals surface area contributed by atoms with Crippen molar-refractivity contribution in [2.75, 3.05) is 13.1 Å². The Kier molecular flexibility index (Phi) is 3.09. The third-order valence-electron chi connectivity index (χ3n) is 2.53. The lowest BCUT2D eigenvalue weighted by molar-refractivity contribution is -0.143. The van der Waals surface area contributed by atoms with Crippen molar-refractivity contribution in [3.63, 3.8) is 0 Å². The summed E-state index contributed by atoms with van der Waals surface area (Å²) in [6.07, 6.45) is 1.87. The Labute approximate surface area is 73.4 Å². The summed E-state index contributed by atoms with van der Waals surface area (Å²) in [6, 6.07) is 0.479. The van der Waals surface area contributed by atoms with E-state index in [9.17, 15) is 4.79 Å². The summed E-state index contributed by atoms with van der Waals surface area (Å²) in [6.45, 7) is 6.02. The Morgan fingerprint density at radius 2 is 2.25 bits per heavy atom. The molecular weight excluding hydrogens is 154 g/mol. The van der Waals surface area contributed by atoms with Gasteiger partial charge in [0.2, 0.25) is 0 Å². The van der Waals surface area contributed by atoms with Gasteiger partial charge in [-0.3, -0.25) is 4.79 Å². The zero-order valence-corrected chi connectivity index (χ0v) is 7.79. The highest BCUT2D eigenvalue weighted by molar-refractivity contribution is 5.70. The van der Waals surface area contributed by atoms with Crippen molar-refractivity contribution in [3.8, 4) is 0 Å². The molecule has 70 valence electrons. The van der Waals surface area contributed by atoms with Gasteiger partial charge in [0.05, 0.1) is 5.92 Å². The highest BCUT2D eigenvalue weighted by Crippen LogP contribution is 2.18. The predicted octanol–water partition coefficient (Wildman–Crippen LogP) is 1.19. The first-order valence-corrected chi connectivity index (χ1v) is 4.58. The molecule has 0 aliphatic carbocycles. The number of likely N-dealkylation sites (tertiary alicyclic amines) is 1. The van der Waals surface area contributed by atoms with Gasteiger partial charge in [-0.15, -0.1) is 0 Å². The average molecular weight is 171 g/mol. The molecule has 3 heteroatoms. The zero-order valence-electron chi connectivity index (χ0n) is 7.79. The van der Waals surface area contributed by atoms with Crippen LogP contribution in [-0.2, 0) is 4.79 Å². The standard InChI is InChI=1S/C9H17NO2/c1-7(2)10-5-3-4-8(6-10)9(11)12/h7-8H,3-6H2,1-2H3,(H,11,12). The number of nitrogens with zero attached hydrogens (tertiary/aromatic N) is 1. The lowest BCUT2D eigenvalue weighted by Crippen LogP contribution is -2.42. The summed E-state index contributed by atoms with van der Waals surface area (Å²) in [7, 11) is 0. The number of carbonyl (C=O) groups is 1. The van der Waals surface area contributed by atoms with Crippen molar-refractivity contribution in [1.29, 1.82) is 0 Å². The van der Waals surface area contributed by atoms with Gasteiger partial charge in [-0.2, -0.15) is 0 Å². The normalized spacial score (nSPS) is 26.1. The van der Waals surface area contributed by atoms with Gasteiger partial charge in [-0.1, -0.05) is 0 Å². The van der Waals surface area contributed by atoms with E-state index in [1.54, 1.807) is 0 Å². The Bertz CT molecular complexity index is 168. The molecule has 1 saturated heterocycles. The molecule has 1 N–H and O–H groups in total. The molecule has 12 heavy (non-hydrogen) atoms. The van der Waals surface area contributed by atoms with E-state index in [4.69, 9.17) is 5.11 Å². The van der Waals surface area contributed by atoms with Crippen LogP contribution in [0.2, 0.25) is 0 Å². The largest absolute Gasteiger partial charge is 0.481 e. The minimum Gasteiger partial charge on any atom is -0.481 e. The highest BCUT2D eigenvalue weighted by atomic mass is 16.4. The molecule has 1 fully saturated rings. The van der Waals surface area contributed by atoms with E-state index in [0.29, 0.717) is 6.04 Å². The fourth-order valence-electron chi connectivity index (χ4n) is 1.68. The first kappa shape index (κ1) is 9.52. The van der Waals surface area contributed by atoms with Crippen LogP contribution in [0.5, 0.6) is 0 Å². The minimum absolute atomic E-state index is 0.138. The number of carboxylic acids is 1. The van der Waals surface area contributed by atoms with Gasteiger partial charge in [0.25, 0.3) is 0 Å². The van der Waals surface area contributed by atoms with Crippen LogP contribution in [0, 0.1) is 5.92 Å². The summed E-state index contributed by atoms with van der Waals surface area (Å²) >= 11 is 0. The molecule has 3 nitrogen and oxygen atoms in total. The lowest BCUT2D eigenvalue weighted by Gasteiger charge is -2.33. The maximum Gasteiger partial charge on any atom is 0.307 e. The van der Waals surface area contributed by atoms with Crippen molar-refractivity contribution in [1.82, 2.24) is 4.90 Å². The van der Waals surface area contributed by atoms with E-state index in [1.807, 2.05) is 0 Å². The molecule has 0 spiro atoms. The molecule has 1 rings (SSSR count). The van der Waals surface area contributed by atoms with Crippen LogP contribution in [-0.4, -0.2) is 35.1 Å². The fraction of sp³-hybridized carbons (Fsp3) is 0.889. The quantitative estimate of drug-likeness (QED) is 0.678. The number of hydrogen-bond donors (Lipinski definition) is 1. The molecular formula is C9H17NO2. The van der Waals surface area contributed by atoms with E-state index in [-0.39, 0.29) is 5.92 Å². The Morgan fingerprint density at radius 3 is 2.75 bits per heavy atom. The molecule has 0 saturated carbocycles. The van der Waals surface area contributed by atoms with Crippen LogP contribution in [0.1, 0.15) is 26.7 Å². The summed E-state index contributed by atoms with van der Waals surface area (Å²) in [4.78, 5) is 12.9. The maximum absolute atomic E-state index is 10.7. The van der Waals surface area contributed by atoms with Crippen LogP contribution in [0.4, 0.5) is 0 Å². The second-order valence-corrected chi connectivity index (χ2v) is 3.77. The molecule has 0 aromatic rings. The van der Waals surface area contributed by atoms with Gasteiger partial charge in [-0.05, 0) is 33.2 Å². The van der Waals surface area contributed by atoms with Gasteiger partial charge >= 0.3 is 5.97 Å². The average Bonchev–Trinajstić information content (AvgIpc) is 2.04. The van der Waals surface area contributed by atoms with E-state index in [1.165, 1.54) is 0 Å². The second-order valence-electron chi connectivity index (χ2n) is 3.77. The van der Waals surface area contributed by atoms with Gasteiger partial charge < -0.3 is 10.0 Å². The SMILES string of the molecule is CC(C)N1CCCC(C(=O)O)C1. The smallest absolute Gasteiger partial charge is 0.307 e. The van der Waals surface area contributed by atoms with Gasteiger partial charge in [0.15, 0.2) is 0 Å². The molecule has 0 amide bonds. The van der Waals surface area contributed by atoms with Crippen LogP contribution in [0.3, 0.4) is 0 Å². The van der Waals surface area contributed by atoms with Crippen LogP contribution < -0.4 is 0 Å². The zero-order chi connectivity index (χ0) is 9.14. The predicted molar refractivity (Wildman–Crippen MR) is 47.1 cm³/mol. The van der Waals surface area contributed by atoms with Crippen molar-refractivity contribution in [2.45, 2.75) is 32.7 Å². The van der Waals surface area contributed by atoms with Crippen molar-refractivity contribution in [2.24, 2.45) is 5.92 Å². The number of carboxylic acid groups (broad SMARTS) is 1. The number of hydrogen-bond acceptors (Lipinski definition) is 2. The van der Waals surface area contributed by atoms with Gasteiger partial charge in [0.1, 0.15) is 0 Å². The first-order chi connectivity index (χ1) is 5.61. The molecule has 0 aromatic heterocycles. The Morgan fingerprint density at radius 1 is 1.58 bits per heavy atom. The number of piperidine rings is 1. The van der Waals surface area contributed by atoms with Crippen molar-refractivity contribution < 1.29 is 9.90 Å². The summed E-state index contributed by atoms with van der Waals surface area (Å²) < 4.78 is 0.